The number of rotatable bonds is 1. The summed E-state index contributed by atoms with van der Waals surface area (Å²) in [6, 6.07) is 11.4. The van der Waals surface area contributed by atoms with Crippen LogP contribution in [-0.2, 0) is 4.79 Å². The van der Waals surface area contributed by atoms with Gasteiger partial charge in [-0.15, -0.1) is 0 Å². The summed E-state index contributed by atoms with van der Waals surface area (Å²) < 4.78 is 0. The molecule has 0 aliphatic rings. The molecule has 76 valence electrons. The molecule has 0 heterocycles. The van der Waals surface area contributed by atoms with Crippen molar-refractivity contribution < 1.29 is 4.79 Å². The Balaban J connectivity index is 2.63. The van der Waals surface area contributed by atoms with Gasteiger partial charge in [-0.2, -0.15) is 0 Å². The topological polar surface area (TPSA) is 29.1 Å². The van der Waals surface area contributed by atoms with Crippen molar-refractivity contribution in [2.24, 2.45) is 0 Å². The first-order valence-electron chi connectivity index (χ1n) is 4.63. The van der Waals surface area contributed by atoms with Crippen LogP contribution in [0.3, 0.4) is 0 Å². The molecule has 0 atom stereocenters. The number of hydrogen-bond donors (Lipinski definition) is 1. The molecule has 0 aromatic heterocycles. The molecule has 0 unspecified atom stereocenters. The van der Waals surface area contributed by atoms with Gasteiger partial charge in [-0.3, -0.25) is 4.79 Å². The van der Waals surface area contributed by atoms with Gasteiger partial charge in [0.25, 0.3) is 0 Å². The van der Waals surface area contributed by atoms with Crippen LogP contribution in [0, 0.1) is 0 Å². The molecule has 0 aliphatic carbocycles. The first-order valence-corrected chi connectivity index (χ1v) is 5.00. The van der Waals surface area contributed by atoms with Crippen molar-refractivity contribution in [3.8, 4) is 0 Å². The minimum atomic E-state index is -0.0810. The Bertz CT molecular complexity index is 522. The molecule has 1 N–H and O–H groups in total. The monoisotopic (exact) mass is 219 g/mol. The fraction of sp³-hybridized carbons (Fsp3) is 0.0833. The molecule has 2 aromatic carbocycles. The van der Waals surface area contributed by atoms with Gasteiger partial charge in [0, 0.05) is 23.0 Å². The van der Waals surface area contributed by atoms with Gasteiger partial charge in [0.1, 0.15) is 0 Å². The van der Waals surface area contributed by atoms with E-state index < -0.39 is 0 Å². The van der Waals surface area contributed by atoms with Crippen molar-refractivity contribution in [3.05, 3.63) is 41.4 Å². The lowest BCUT2D eigenvalue weighted by atomic mass is 10.1. The molecule has 3 heteroatoms. The number of halogens is 1. The first-order chi connectivity index (χ1) is 7.16. The van der Waals surface area contributed by atoms with Crippen LogP contribution in [0.4, 0.5) is 5.69 Å². The molecule has 0 saturated heterocycles. The van der Waals surface area contributed by atoms with E-state index in [0.29, 0.717) is 5.02 Å². The van der Waals surface area contributed by atoms with E-state index in [1.54, 1.807) is 0 Å². The van der Waals surface area contributed by atoms with Crippen molar-refractivity contribution in [2.75, 3.05) is 5.32 Å². The lowest BCUT2D eigenvalue weighted by Gasteiger charge is -2.06. The van der Waals surface area contributed by atoms with E-state index in [2.05, 4.69) is 5.32 Å². The number of benzene rings is 2. The second-order valence-electron chi connectivity index (χ2n) is 3.35. The Hall–Kier alpha value is -1.54. The zero-order valence-electron chi connectivity index (χ0n) is 8.25. The van der Waals surface area contributed by atoms with Crippen LogP contribution in [0.1, 0.15) is 6.92 Å². The van der Waals surface area contributed by atoms with E-state index in [9.17, 15) is 4.79 Å². The number of amides is 1. The van der Waals surface area contributed by atoms with Crippen LogP contribution < -0.4 is 5.32 Å². The number of hydrogen-bond acceptors (Lipinski definition) is 1. The summed E-state index contributed by atoms with van der Waals surface area (Å²) in [5.41, 5.74) is 0.794. The van der Waals surface area contributed by atoms with Gasteiger partial charge in [-0.05, 0) is 23.6 Å². The minimum absolute atomic E-state index is 0.0810. The van der Waals surface area contributed by atoms with Crippen LogP contribution in [-0.4, -0.2) is 5.91 Å². The molecule has 0 bridgehead atoms. The maximum atomic E-state index is 11.0. The van der Waals surface area contributed by atoms with Crippen molar-refractivity contribution in [2.45, 2.75) is 6.92 Å². The van der Waals surface area contributed by atoms with Crippen LogP contribution in [0.5, 0.6) is 0 Å². The zero-order valence-corrected chi connectivity index (χ0v) is 9.01. The van der Waals surface area contributed by atoms with E-state index >= 15 is 0 Å². The summed E-state index contributed by atoms with van der Waals surface area (Å²) in [5, 5.41) is 5.46. The largest absolute Gasteiger partial charge is 0.326 e. The summed E-state index contributed by atoms with van der Waals surface area (Å²) >= 11 is 5.91. The molecular weight excluding hydrogens is 210 g/mol. The van der Waals surface area contributed by atoms with Gasteiger partial charge in [0.05, 0.1) is 0 Å². The average Bonchev–Trinajstić information content (AvgIpc) is 2.18. The third-order valence-electron chi connectivity index (χ3n) is 2.15. The highest BCUT2D eigenvalue weighted by Crippen LogP contribution is 2.26. The molecule has 0 spiro atoms. The molecule has 15 heavy (non-hydrogen) atoms. The van der Waals surface area contributed by atoms with E-state index in [1.807, 2.05) is 36.4 Å². The van der Waals surface area contributed by atoms with Crippen LogP contribution in [0.2, 0.25) is 5.02 Å². The van der Waals surface area contributed by atoms with Crippen molar-refractivity contribution in [3.63, 3.8) is 0 Å². The fourth-order valence-corrected chi connectivity index (χ4v) is 1.72. The Kier molecular flexibility index (Phi) is 2.60. The average molecular weight is 220 g/mol. The Morgan fingerprint density at radius 1 is 1.27 bits per heavy atom. The Labute approximate surface area is 92.9 Å². The van der Waals surface area contributed by atoms with Crippen molar-refractivity contribution in [1.29, 1.82) is 0 Å². The van der Waals surface area contributed by atoms with Gasteiger partial charge in [-0.25, -0.2) is 0 Å². The normalized spacial score (nSPS) is 10.3. The van der Waals surface area contributed by atoms with Gasteiger partial charge < -0.3 is 5.32 Å². The minimum Gasteiger partial charge on any atom is -0.326 e. The van der Waals surface area contributed by atoms with E-state index in [0.717, 1.165) is 16.5 Å². The maximum absolute atomic E-state index is 11.0. The van der Waals surface area contributed by atoms with Gasteiger partial charge in [0.2, 0.25) is 5.91 Å². The standard InChI is InChI=1S/C12H10ClNO/c1-8(15)14-12-4-2-3-9-5-6-10(13)7-11(9)12/h2-7H,1H3,(H,14,15). The Morgan fingerprint density at radius 3 is 2.80 bits per heavy atom. The fourth-order valence-electron chi connectivity index (χ4n) is 1.54. The molecule has 1 amide bonds. The summed E-state index contributed by atoms with van der Waals surface area (Å²) in [5.74, 6) is -0.0810. The Morgan fingerprint density at radius 2 is 2.07 bits per heavy atom. The second-order valence-corrected chi connectivity index (χ2v) is 3.79. The molecular formula is C12H10ClNO. The van der Waals surface area contributed by atoms with Crippen molar-refractivity contribution in [1.82, 2.24) is 0 Å². The number of anilines is 1. The van der Waals surface area contributed by atoms with Gasteiger partial charge >= 0.3 is 0 Å². The molecule has 2 rings (SSSR count). The summed E-state index contributed by atoms with van der Waals surface area (Å²) in [6.45, 7) is 1.49. The zero-order chi connectivity index (χ0) is 10.8. The lowest BCUT2D eigenvalue weighted by molar-refractivity contribution is -0.114. The number of fused-ring (bicyclic) bond motifs is 1. The highest BCUT2D eigenvalue weighted by atomic mass is 35.5. The highest BCUT2D eigenvalue weighted by Gasteiger charge is 2.02. The third-order valence-corrected chi connectivity index (χ3v) is 2.39. The van der Waals surface area contributed by atoms with Crippen molar-refractivity contribution >= 4 is 34.0 Å². The number of nitrogens with one attached hydrogen (secondary N) is 1. The molecule has 0 aliphatic heterocycles. The maximum Gasteiger partial charge on any atom is 0.221 e. The highest BCUT2D eigenvalue weighted by molar-refractivity contribution is 6.31. The van der Waals surface area contributed by atoms with Gasteiger partial charge in [-0.1, -0.05) is 29.8 Å². The van der Waals surface area contributed by atoms with E-state index in [1.165, 1.54) is 6.92 Å². The van der Waals surface area contributed by atoms with Crippen LogP contribution >= 0.6 is 11.6 Å². The second kappa shape index (κ2) is 3.91. The molecule has 0 saturated carbocycles. The van der Waals surface area contributed by atoms with Gasteiger partial charge in [0.15, 0.2) is 0 Å². The first kappa shape index (κ1) is 9.99. The van der Waals surface area contributed by atoms with E-state index in [4.69, 9.17) is 11.6 Å². The van der Waals surface area contributed by atoms with Crippen LogP contribution in [0.15, 0.2) is 36.4 Å². The number of carbonyl (C=O) groups excluding carboxylic acids is 1. The van der Waals surface area contributed by atoms with E-state index in [-0.39, 0.29) is 5.91 Å². The smallest absolute Gasteiger partial charge is 0.221 e. The molecule has 0 fully saturated rings. The third kappa shape index (κ3) is 2.10. The predicted octanol–water partition coefficient (Wildman–Crippen LogP) is 3.45. The van der Waals surface area contributed by atoms with Crippen LogP contribution in [0.25, 0.3) is 10.8 Å². The predicted molar refractivity (Wildman–Crippen MR) is 63.3 cm³/mol. The molecule has 2 aromatic rings. The number of carbonyl (C=O) groups is 1. The lowest BCUT2D eigenvalue weighted by Crippen LogP contribution is -2.05. The molecule has 2 nitrogen and oxygen atoms in total. The summed E-state index contributed by atoms with van der Waals surface area (Å²) in [4.78, 5) is 11.0. The summed E-state index contributed by atoms with van der Waals surface area (Å²) in [7, 11) is 0. The SMILES string of the molecule is CC(=O)Nc1cccc2ccc(Cl)cc12. The quantitative estimate of drug-likeness (QED) is 0.782. The molecule has 0 radical (unpaired) electrons. The summed E-state index contributed by atoms with van der Waals surface area (Å²) in [6.07, 6.45) is 0.